The van der Waals surface area contributed by atoms with Gasteiger partial charge in [0.1, 0.15) is 0 Å². The average Bonchev–Trinajstić information content (AvgIpc) is 3.20. The Labute approximate surface area is 179 Å². The van der Waals surface area contributed by atoms with Crippen molar-refractivity contribution in [1.29, 1.82) is 0 Å². The first-order valence-electron chi connectivity index (χ1n) is 10.9. The van der Waals surface area contributed by atoms with Crippen LogP contribution in [0, 0.1) is 5.92 Å². The molecular weight excluding hydrogens is 411 g/mol. The molecule has 31 heavy (non-hydrogen) atoms. The lowest BCUT2D eigenvalue weighted by Gasteiger charge is -2.32. The van der Waals surface area contributed by atoms with Crippen LogP contribution in [0.3, 0.4) is 0 Å². The molecule has 1 aliphatic carbocycles. The number of carbonyl (C=O) groups excluding carboxylic acids is 2. The van der Waals surface area contributed by atoms with E-state index in [-0.39, 0.29) is 30.0 Å². The molecule has 2 amide bonds. The van der Waals surface area contributed by atoms with Crippen LogP contribution >= 0.6 is 0 Å². The Balaban J connectivity index is 1.44. The number of carbonyl (C=O) groups is 2. The number of fused-ring (bicyclic) bond motifs is 1. The van der Waals surface area contributed by atoms with E-state index in [4.69, 9.17) is 10.5 Å². The molecule has 170 valence electrons. The number of amides is 2. The molecule has 0 aromatic heterocycles. The van der Waals surface area contributed by atoms with Crippen molar-refractivity contribution in [3.8, 4) is 0 Å². The summed E-state index contributed by atoms with van der Waals surface area (Å²) in [6.07, 6.45) is 0.132. The van der Waals surface area contributed by atoms with Crippen molar-refractivity contribution in [1.82, 2.24) is 10.2 Å². The van der Waals surface area contributed by atoms with Gasteiger partial charge in [0.05, 0.1) is 5.56 Å². The van der Waals surface area contributed by atoms with Crippen molar-refractivity contribution in [3.05, 3.63) is 34.4 Å². The van der Waals surface area contributed by atoms with Crippen molar-refractivity contribution < 1.29 is 27.5 Å². The van der Waals surface area contributed by atoms with Crippen LogP contribution in [0.4, 0.5) is 13.2 Å². The van der Waals surface area contributed by atoms with Crippen LogP contribution in [-0.4, -0.2) is 48.6 Å². The van der Waals surface area contributed by atoms with Crippen LogP contribution in [0.5, 0.6) is 0 Å². The molecular formula is C22H28F3N3O3. The minimum atomic E-state index is -4.58. The number of hydrogen-bond donors (Lipinski definition) is 2. The number of nitrogens with two attached hydrogens (primary N) is 1. The molecule has 9 heteroatoms. The van der Waals surface area contributed by atoms with E-state index in [1.807, 2.05) is 0 Å². The minimum absolute atomic E-state index is 0.0139. The SMILES string of the molecule is NC(=O)c1cc(C(F)(F)F)cc2c1CCN(C(=O)[C@H]1CCC(NC3CCOCC3)C1)C2. The molecule has 1 aromatic rings. The van der Waals surface area contributed by atoms with E-state index in [1.54, 1.807) is 4.90 Å². The molecule has 6 nitrogen and oxygen atoms in total. The number of benzene rings is 1. The highest BCUT2D eigenvalue weighted by molar-refractivity contribution is 5.95. The summed E-state index contributed by atoms with van der Waals surface area (Å²) in [6.45, 7) is 1.97. The first-order valence-corrected chi connectivity index (χ1v) is 10.9. The van der Waals surface area contributed by atoms with Gasteiger partial charge in [0.2, 0.25) is 11.8 Å². The van der Waals surface area contributed by atoms with E-state index in [2.05, 4.69) is 5.32 Å². The van der Waals surface area contributed by atoms with Crippen LogP contribution in [0.2, 0.25) is 0 Å². The third kappa shape index (κ3) is 4.87. The van der Waals surface area contributed by atoms with E-state index >= 15 is 0 Å². The number of hydrogen-bond acceptors (Lipinski definition) is 4. The summed E-state index contributed by atoms with van der Waals surface area (Å²) in [4.78, 5) is 26.5. The molecule has 2 atom stereocenters. The quantitative estimate of drug-likeness (QED) is 0.756. The van der Waals surface area contributed by atoms with E-state index in [0.717, 1.165) is 57.5 Å². The Morgan fingerprint density at radius 3 is 2.52 bits per heavy atom. The Hall–Kier alpha value is -2.13. The van der Waals surface area contributed by atoms with Gasteiger partial charge in [0.15, 0.2) is 0 Å². The van der Waals surface area contributed by atoms with Gasteiger partial charge < -0.3 is 20.7 Å². The monoisotopic (exact) mass is 439 g/mol. The predicted octanol–water partition coefficient (Wildman–Crippen LogP) is 2.63. The number of primary amides is 1. The summed E-state index contributed by atoms with van der Waals surface area (Å²) in [7, 11) is 0. The van der Waals surface area contributed by atoms with Crippen LogP contribution in [-0.2, 0) is 28.7 Å². The molecule has 0 radical (unpaired) electrons. The Kier molecular flexibility index (Phi) is 6.25. The first kappa shape index (κ1) is 22.1. The fourth-order valence-electron chi connectivity index (χ4n) is 5.08. The topological polar surface area (TPSA) is 84.7 Å². The molecule has 1 unspecified atom stereocenters. The van der Waals surface area contributed by atoms with Crippen molar-refractivity contribution in [2.75, 3.05) is 19.8 Å². The first-order chi connectivity index (χ1) is 14.7. The fraction of sp³-hybridized carbons (Fsp3) is 0.636. The zero-order valence-electron chi connectivity index (χ0n) is 17.3. The maximum atomic E-state index is 13.3. The smallest absolute Gasteiger partial charge is 0.381 e. The second-order valence-electron chi connectivity index (χ2n) is 8.79. The highest BCUT2D eigenvalue weighted by atomic mass is 19.4. The van der Waals surface area contributed by atoms with Crippen LogP contribution in [0.25, 0.3) is 0 Å². The van der Waals surface area contributed by atoms with Crippen LogP contribution in [0.1, 0.15) is 59.2 Å². The van der Waals surface area contributed by atoms with Crippen molar-refractivity contribution >= 4 is 11.8 Å². The Bertz CT molecular complexity index is 852. The van der Waals surface area contributed by atoms with Gasteiger partial charge in [-0.15, -0.1) is 0 Å². The second-order valence-corrected chi connectivity index (χ2v) is 8.79. The number of nitrogens with zero attached hydrogens (tertiary/aromatic N) is 1. The third-order valence-electron chi connectivity index (χ3n) is 6.71. The molecule has 4 rings (SSSR count). The number of alkyl halides is 3. The van der Waals surface area contributed by atoms with Gasteiger partial charge in [-0.2, -0.15) is 13.2 Å². The molecule has 3 aliphatic rings. The highest BCUT2D eigenvalue weighted by Crippen LogP contribution is 2.35. The zero-order chi connectivity index (χ0) is 22.2. The molecule has 2 aliphatic heterocycles. The van der Waals surface area contributed by atoms with Gasteiger partial charge in [-0.3, -0.25) is 9.59 Å². The molecule has 1 saturated carbocycles. The number of halogens is 3. The molecule has 1 saturated heterocycles. The van der Waals surface area contributed by atoms with Crippen molar-refractivity contribution in [2.24, 2.45) is 11.7 Å². The Morgan fingerprint density at radius 1 is 1.10 bits per heavy atom. The van der Waals surface area contributed by atoms with E-state index in [0.29, 0.717) is 30.1 Å². The lowest BCUT2D eigenvalue weighted by molar-refractivity contribution is -0.137. The summed E-state index contributed by atoms with van der Waals surface area (Å²) in [5, 5.41) is 3.64. The van der Waals surface area contributed by atoms with Gasteiger partial charge >= 0.3 is 6.18 Å². The summed E-state index contributed by atoms with van der Waals surface area (Å²) in [5.74, 6) is -1.01. The molecule has 1 aromatic carbocycles. The maximum absolute atomic E-state index is 13.3. The maximum Gasteiger partial charge on any atom is 0.416 e. The summed E-state index contributed by atoms with van der Waals surface area (Å²) < 4.78 is 45.3. The molecule has 2 fully saturated rings. The van der Waals surface area contributed by atoms with Crippen molar-refractivity contribution in [2.45, 2.75) is 63.3 Å². The van der Waals surface area contributed by atoms with Gasteiger partial charge in [-0.1, -0.05) is 0 Å². The summed E-state index contributed by atoms with van der Waals surface area (Å²) in [6, 6.07) is 2.57. The zero-order valence-corrected chi connectivity index (χ0v) is 17.3. The van der Waals surface area contributed by atoms with E-state index in [9.17, 15) is 22.8 Å². The number of rotatable bonds is 4. The fourth-order valence-corrected chi connectivity index (χ4v) is 5.08. The van der Waals surface area contributed by atoms with E-state index < -0.39 is 17.6 Å². The second kappa shape index (κ2) is 8.78. The number of nitrogens with one attached hydrogen (secondary N) is 1. The lowest BCUT2D eigenvalue weighted by atomic mass is 9.90. The normalized spacial score (nSPS) is 24.8. The average molecular weight is 439 g/mol. The van der Waals surface area contributed by atoms with Gasteiger partial charge in [0.25, 0.3) is 0 Å². The molecule has 2 heterocycles. The Morgan fingerprint density at radius 2 is 1.84 bits per heavy atom. The van der Waals surface area contributed by atoms with E-state index in [1.165, 1.54) is 0 Å². The third-order valence-corrected chi connectivity index (χ3v) is 6.71. The predicted molar refractivity (Wildman–Crippen MR) is 107 cm³/mol. The largest absolute Gasteiger partial charge is 0.416 e. The van der Waals surface area contributed by atoms with Gasteiger partial charge in [-0.05, 0) is 61.8 Å². The summed E-state index contributed by atoms with van der Waals surface area (Å²) >= 11 is 0. The van der Waals surface area contributed by atoms with Crippen LogP contribution < -0.4 is 11.1 Å². The minimum Gasteiger partial charge on any atom is -0.381 e. The van der Waals surface area contributed by atoms with Crippen molar-refractivity contribution in [3.63, 3.8) is 0 Å². The van der Waals surface area contributed by atoms with Crippen LogP contribution in [0.15, 0.2) is 12.1 Å². The van der Waals surface area contributed by atoms with Gasteiger partial charge in [0, 0.05) is 49.9 Å². The lowest BCUT2D eigenvalue weighted by Crippen LogP contribution is -2.42. The van der Waals surface area contributed by atoms with Gasteiger partial charge in [-0.25, -0.2) is 0 Å². The molecule has 0 spiro atoms. The summed E-state index contributed by atoms with van der Waals surface area (Å²) in [5.41, 5.74) is 5.21. The molecule has 3 N–H and O–H groups in total. The standard InChI is InChI=1S/C22H28F3N3O3/c23-22(24,25)15-9-14-12-28(6-3-18(14)19(11-15)20(26)29)21(30)13-1-2-17(10-13)27-16-4-7-31-8-5-16/h9,11,13,16-17,27H,1-8,10,12H2,(H2,26,29)/t13-,17?/m0/s1. The highest BCUT2D eigenvalue weighted by Gasteiger charge is 2.37. The molecule has 0 bridgehead atoms. The number of ether oxygens (including phenoxy) is 1.